The maximum atomic E-state index is 12.5. The highest BCUT2D eigenvalue weighted by Crippen LogP contribution is 2.17. The molecule has 1 saturated heterocycles. The monoisotopic (exact) mass is 357 g/mol. The van der Waals surface area contributed by atoms with Crippen molar-refractivity contribution in [3.8, 4) is 6.01 Å². The van der Waals surface area contributed by atoms with Crippen LogP contribution >= 0.6 is 11.6 Å². The molecule has 6 heteroatoms. The number of hydrogen-bond donors (Lipinski definition) is 0. The molecule has 1 aromatic carbocycles. The van der Waals surface area contributed by atoms with E-state index in [1.807, 2.05) is 37.3 Å². The van der Waals surface area contributed by atoms with Gasteiger partial charge in [-0.05, 0) is 37.0 Å². The summed E-state index contributed by atoms with van der Waals surface area (Å²) < 4.78 is 5.77. The van der Waals surface area contributed by atoms with Gasteiger partial charge in [0.1, 0.15) is 6.10 Å². The van der Waals surface area contributed by atoms with Crippen molar-refractivity contribution in [1.29, 1.82) is 0 Å². The largest absolute Gasteiger partial charge is 0.458 e. The van der Waals surface area contributed by atoms with Crippen LogP contribution in [0.1, 0.15) is 24.0 Å². The highest BCUT2D eigenvalue weighted by atomic mass is 35.5. The molecule has 0 spiro atoms. The molecule has 3 rings (SSSR count). The van der Waals surface area contributed by atoms with Crippen LogP contribution in [-0.2, 0) is 4.79 Å². The zero-order valence-corrected chi connectivity index (χ0v) is 14.8. The Hall–Kier alpha value is -2.40. The summed E-state index contributed by atoms with van der Waals surface area (Å²) in [4.78, 5) is 22.4. The van der Waals surface area contributed by atoms with E-state index < -0.39 is 0 Å². The van der Waals surface area contributed by atoms with Crippen LogP contribution in [0.5, 0.6) is 6.01 Å². The maximum absolute atomic E-state index is 12.5. The molecule has 1 unspecified atom stereocenters. The summed E-state index contributed by atoms with van der Waals surface area (Å²) in [6.45, 7) is 3.29. The molecule has 1 aliphatic heterocycles. The Bertz CT molecular complexity index is 762. The summed E-state index contributed by atoms with van der Waals surface area (Å²) >= 11 is 5.77. The summed E-state index contributed by atoms with van der Waals surface area (Å²) in [5.41, 5.74) is 2.20. The van der Waals surface area contributed by atoms with Crippen molar-refractivity contribution in [1.82, 2.24) is 14.9 Å². The molecular weight excluding hydrogens is 338 g/mol. The van der Waals surface area contributed by atoms with Crippen LogP contribution in [0.4, 0.5) is 0 Å². The Morgan fingerprint density at radius 3 is 2.84 bits per heavy atom. The zero-order valence-electron chi connectivity index (χ0n) is 14.1. The van der Waals surface area contributed by atoms with Crippen molar-refractivity contribution < 1.29 is 9.53 Å². The van der Waals surface area contributed by atoms with E-state index in [0.717, 1.165) is 30.5 Å². The van der Waals surface area contributed by atoms with Gasteiger partial charge in [-0.15, -0.1) is 0 Å². The van der Waals surface area contributed by atoms with Gasteiger partial charge in [0.2, 0.25) is 5.91 Å². The lowest BCUT2D eigenvalue weighted by molar-refractivity contribution is -0.128. The van der Waals surface area contributed by atoms with Crippen molar-refractivity contribution in [3.05, 3.63) is 58.9 Å². The highest BCUT2D eigenvalue weighted by Gasteiger charge is 2.24. The minimum atomic E-state index is -0.106. The third-order valence-electron chi connectivity index (χ3n) is 4.15. The van der Waals surface area contributed by atoms with E-state index in [-0.39, 0.29) is 12.0 Å². The number of piperidine rings is 1. The van der Waals surface area contributed by atoms with Crippen LogP contribution in [-0.4, -0.2) is 40.0 Å². The predicted octanol–water partition coefficient (Wildman–Crippen LogP) is 3.52. The van der Waals surface area contributed by atoms with Crippen LogP contribution in [0, 0.1) is 6.92 Å². The molecule has 1 aliphatic rings. The molecule has 2 heterocycles. The van der Waals surface area contributed by atoms with Gasteiger partial charge in [0.05, 0.1) is 24.0 Å². The first-order valence-electron chi connectivity index (χ1n) is 8.28. The van der Waals surface area contributed by atoms with Crippen LogP contribution in [0.15, 0.2) is 42.7 Å². The smallest absolute Gasteiger partial charge is 0.316 e. The second-order valence-electron chi connectivity index (χ2n) is 6.04. The molecule has 0 bridgehead atoms. The number of halogens is 1. The molecule has 0 aliphatic carbocycles. The molecule has 1 atom stereocenters. The van der Waals surface area contributed by atoms with Crippen LogP contribution in [0.25, 0.3) is 6.08 Å². The van der Waals surface area contributed by atoms with Crippen LogP contribution in [0.2, 0.25) is 5.02 Å². The molecule has 25 heavy (non-hydrogen) atoms. The van der Waals surface area contributed by atoms with Crippen molar-refractivity contribution in [2.24, 2.45) is 0 Å². The number of rotatable bonds is 4. The first-order valence-corrected chi connectivity index (χ1v) is 8.66. The second-order valence-corrected chi connectivity index (χ2v) is 6.48. The van der Waals surface area contributed by atoms with Crippen molar-refractivity contribution in [3.63, 3.8) is 0 Å². The molecule has 0 saturated carbocycles. The number of carbonyl (C=O) groups is 1. The Morgan fingerprint density at radius 2 is 2.08 bits per heavy atom. The molecule has 1 amide bonds. The van der Waals surface area contributed by atoms with E-state index in [9.17, 15) is 4.79 Å². The van der Waals surface area contributed by atoms with E-state index in [1.165, 1.54) is 12.4 Å². The Labute approximate surface area is 152 Å². The molecule has 1 fully saturated rings. The van der Waals surface area contributed by atoms with E-state index in [1.54, 1.807) is 11.0 Å². The standard InChI is InChI=1S/C19H20ClN3O2/c1-14-5-2-3-6-15(14)8-9-18(24)23-10-4-7-17(13-23)25-19-21-11-16(20)12-22-19/h2-3,5-6,8-9,11-12,17H,4,7,10,13H2,1H3/b9-8+. The fourth-order valence-electron chi connectivity index (χ4n) is 2.79. The lowest BCUT2D eigenvalue weighted by atomic mass is 10.1. The molecule has 5 nitrogen and oxygen atoms in total. The fourth-order valence-corrected chi connectivity index (χ4v) is 2.88. The summed E-state index contributed by atoms with van der Waals surface area (Å²) in [5.74, 6) is -0.00595. The Morgan fingerprint density at radius 1 is 1.32 bits per heavy atom. The fraction of sp³-hybridized carbons (Fsp3) is 0.316. The topological polar surface area (TPSA) is 55.3 Å². The average molecular weight is 358 g/mol. The van der Waals surface area contributed by atoms with Gasteiger partial charge < -0.3 is 9.64 Å². The van der Waals surface area contributed by atoms with Crippen LogP contribution < -0.4 is 4.74 Å². The number of aryl methyl sites for hydroxylation is 1. The molecule has 0 radical (unpaired) electrons. The molecule has 2 aromatic rings. The number of carbonyl (C=O) groups excluding carboxylic acids is 1. The second kappa shape index (κ2) is 8.12. The number of ether oxygens (including phenoxy) is 1. The van der Waals surface area contributed by atoms with E-state index in [4.69, 9.17) is 16.3 Å². The number of nitrogens with zero attached hydrogens (tertiary/aromatic N) is 3. The lowest BCUT2D eigenvalue weighted by Crippen LogP contribution is -2.43. The summed E-state index contributed by atoms with van der Waals surface area (Å²) in [6.07, 6.45) is 8.15. The summed E-state index contributed by atoms with van der Waals surface area (Å²) in [5, 5.41) is 0.467. The zero-order chi connectivity index (χ0) is 17.6. The maximum Gasteiger partial charge on any atom is 0.316 e. The highest BCUT2D eigenvalue weighted by molar-refractivity contribution is 6.30. The lowest BCUT2D eigenvalue weighted by Gasteiger charge is -2.31. The van der Waals surface area contributed by atoms with E-state index in [0.29, 0.717) is 17.6 Å². The third kappa shape index (κ3) is 4.79. The van der Waals surface area contributed by atoms with Gasteiger partial charge in [0, 0.05) is 12.6 Å². The number of likely N-dealkylation sites (tertiary alicyclic amines) is 1. The SMILES string of the molecule is Cc1ccccc1/C=C/C(=O)N1CCCC(Oc2ncc(Cl)cn2)C1. The van der Waals surface area contributed by atoms with E-state index in [2.05, 4.69) is 9.97 Å². The number of hydrogen-bond acceptors (Lipinski definition) is 4. The van der Waals surface area contributed by atoms with Crippen molar-refractivity contribution in [2.75, 3.05) is 13.1 Å². The molecule has 0 N–H and O–H groups in total. The van der Waals surface area contributed by atoms with Crippen molar-refractivity contribution >= 4 is 23.6 Å². The quantitative estimate of drug-likeness (QED) is 0.785. The number of aromatic nitrogens is 2. The van der Waals surface area contributed by atoms with Gasteiger partial charge >= 0.3 is 6.01 Å². The van der Waals surface area contributed by atoms with Gasteiger partial charge in [-0.3, -0.25) is 4.79 Å². The number of amides is 1. The minimum absolute atomic E-state index is 0.00595. The Balaban J connectivity index is 1.59. The third-order valence-corrected chi connectivity index (χ3v) is 4.35. The Kier molecular flexibility index (Phi) is 5.66. The average Bonchev–Trinajstić information content (AvgIpc) is 2.63. The normalized spacial score (nSPS) is 17.7. The molecule has 1 aromatic heterocycles. The first kappa shape index (κ1) is 17.4. The summed E-state index contributed by atoms with van der Waals surface area (Å²) in [6, 6.07) is 8.27. The van der Waals surface area contributed by atoms with Gasteiger partial charge in [-0.25, -0.2) is 9.97 Å². The molecular formula is C19H20ClN3O2. The van der Waals surface area contributed by atoms with Gasteiger partial charge in [0.15, 0.2) is 0 Å². The van der Waals surface area contributed by atoms with Crippen LogP contribution in [0.3, 0.4) is 0 Å². The van der Waals surface area contributed by atoms with Gasteiger partial charge in [-0.2, -0.15) is 0 Å². The van der Waals surface area contributed by atoms with E-state index >= 15 is 0 Å². The number of benzene rings is 1. The van der Waals surface area contributed by atoms with Gasteiger partial charge in [0.25, 0.3) is 0 Å². The van der Waals surface area contributed by atoms with Gasteiger partial charge in [-0.1, -0.05) is 35.9 Å². The predicted molar refractivity (Wildman–Crippen MR) is 97.5 cm³/mol. The summed E-state index contributed by atoms with van der Waals surface area (Å²) in [7, 11) is 0. The van der Waals surface area contributed by atoms with Crippen molar-refractivity contribution in [2.45, 2.75) is 25.9 Å². The first-order chi connectivity index (χ1) is 12.1. The minimum Gasteiger partial charge on any atom is -0.458 e. The molecule has 130 valence electrons.